The van der Waals surface area contributed by atoms with Crippen LogP contribution < -0.4 is 5.32 Å². The number of carbonyl (C=O) groups excluding carboxylic acids is 1. The summed E-state index contributed by atoms with van der Waals surface area (Å²) in [6.07, 6.45) is 6.00. The number of nitrogens with one attached hydrogen (secondary N) is 1. The molecule has 116 valence electrons. The molecule has 1 N–H and O–H groups in total. The molecule has 2 fully saturated rings. The average Bonchev–Trinajstić information content (AvgIpc) is 3.21. The van der Waals surface area contributed by atoms with E-state index in [1.54, 1.807) is 0 Å². The normalized spacial score (nSPS) is 28.1. The lowest BCUT2D eigenvalue weighted by molar-refractivity contribution is -0.131. The van der Waals surface area contributed by atoms with E-state index in [0.29, 0.717) is 12.5 Å². The molecule has 1 saturated carbocycles. The SMILES string of the molecule is CCCC1NC(C(C)CC)C(=O)N1CCOCC1CC1. The van der Waals surface area contributed by atoms with Gasteiger partial charge in [0.25, 0.3) is 0 Å². The van der Waals surface area contributed by atoms with E-state index in [2.05, 4.69) is 26.1 Å². The highest BCUT2D eigenvalue weighted by Crippen LogP contribution is 2.28. The molecule has 4 nitrogen and oxygen atoms in total. The standard InChI is InChI=1S/C16H30N2O2/c1-4-6-14-17-15(12(3)5-2)16(19)18(14)9-10-20-11-13-7-8-13/h12-15,17H,4-11H2,1-3H3. The van der Waals surface area contributed by atoms with Gasteiger partial charge in [-0.2, -0.15) is 0 Å². The smallest absolute Gasteiger partial charge is 0.241 e. The molecule has 1 heterocycles. The highest BCUT2D eigenvalue weighted by Gasteiger charge is 2.40. The number of nitrogens with zero attached hydrogens (tertiary/aromatic N) is 1. The Morgan fingerprint density at radius 2 is 2.15 bits per heavy atom. The summed E-state index contributed by atoms with van der Waals surface area (Å²) in [6.45, 7) is 8.77. The van der Waals surface area contributed by atoms with Gasteiger partial charge in [0.1, 0.15) is 0 Å². The predicted molar refractivity (Wildman–Crippen MR) is 80.3 cm³/mol. The van der Waals surface area contributed by atoms with Gasteiger partial charge in [-0.25, -0.2) is 0 Å². The predicted octanol–water partition coefficient (Wildman–Crippen LogP) is 2.39. The van der Waals surface area contributed by atoms with Crippen LogP contribution in [0.15, 0.2) is 0 Å². The number of rotatable bonds is 9. The Morgan fingerprint density at radius 3 is 2.75 bits per heavy atom. The maximum Gasteiger partial charge on any atom is 0.241 e. The minimum absolute atomic E-state index is 0.0000166. The van der Waals surface area contributed by atoms with Crippen molar-refractivity contribution in [3.05, 3.63) is 0 Å². The lowest BCUT2D eigenvalue weighted by atomic mass is 9.99. The second-order valence-corrected chi connectivity index (χ2v) is 6.38. The van der Waals surface area contributed by atoms with Gasteiger partial charge in [-0.3, -0.25) is 10.1 Å². The molecule has 2 aliphatic rings. The summed E-state index contributed by atoms with van der Waals surface area (Å²) >= 11 is 0. The molecule has 1 aliphatic carbocycles. The van der Waals surface area contributed by atoms with Crippen molar-refractivity contribution in [1.82, 2.24) is 10.2 Å². The molecule has 20 heavy (non-hydrogen) atoms. The molecule has 0 radical (unpaired) electrons. The lowest BCUT2D eigenvalue weighted by Crippen LogP contribution is -2.39. The largest absolute Gasteiger partial charge is 0.379 e. The van der Waals surface area contributed by atoms with E-state index in [9.17, 15) is 4.79 Å². The minimum Gasteiger partial charge on any atom is -0.379 e. The summed E-state index contributed by atoms with van der Waals surface area (Å²) < 4.78 is 5.69. The Morgan fingerprint density at radius 1 is 1.40 bits per heavy atom. The maximum atomic E-state index is 12.5. The van der Waals surface area contributed by atoms with Crippen molar-refractivity contribution in [1.29, 1.82) is 0 Å². The molecule has 0 aromatic heterocycles. The minimum atomic E-state index is -0.0000166. The third-order valence-corrected chi connectivity index (χ3v) is 4.60. The quantitative estimate of drug-likeness (QED) is 0.660. The topological polar surface area (TPSA) is 41.6 Å². The number of carbonyl (C=O) groups is 1. The van der Waals surface area contributed by atoms with Gasteiger partial charge >= 0.3 is 0 Å². The first-order chi connectivity index (χ1) is 9.67. The molecule has 4 heteroatoms. The van der Waals surface area contributed by atoms with Crippen molar-refractivity contribution >= 4 is 5.91 Å². The van der Waals surface area contributed by atoms with Crippen molar-refractivity contribution in [2.75, 3.05) is 19.8 Å². The van der Waals surface area contributed by atoms with E-state index >= 15 is 0 Å². The van der Waals surface area contributed by atoms with E-state index < -0.39 is 0 Å². The van der Waals surface area contributed by atoms with Crippen LogP contribution in [0.25, 0.3) is 0 Å². The summed E-state index contributed by atoms with van der Waals surface area (Å²) in [7, 11) is 0. The summed E-state index contributed by atoms with van der Waals surface area (Å²) in [5.74, 6) is 1.47. The van der Waals surface area contributed by atoms with Crippen molar-refractivity contribution in [2.24, 2.45) is 11.8 Å². The molecular weight excluding hydrogens is 252 g/mol. The Balaban J connectivity index is 1.83. The van der Waals surface area contributed by atoms with Gasteiger partial charge in [-0.15, -0.1) is 0 Å². The molecule has 0 aromatic rings. The number of ether oxygens (including phenoxy) is 1. The van der Waals surface area contributed by atoms with Crippen LogP contribution in [0.1, 0.15) is 52.9 Å². The fourth-order valence-corrected chi connectivity index (χ4v) is 2.82. The highest BCUT2D eigenvalue weighted by molar-refractivity contribution is 5.84. The summed E-state index contributed by atoms with van der Waals surface area (Å²) in [6, 6.07) is -0.0000166. The lowest BCUT2D eigenvalue weighted by Gasteiger charge is -2.23. The number of hydrogen-bond donors (Lipinski definition) is 1. The fourth-order valence-electron chi connectivity index (χ4n) is 2.82. The maximum absolute atomic E-state index is 12.5. The van der Waals surface area contributed by atoms with Crippen LogP contribution in [-0.4, -0.2) is 42.8 Å². The molecule has 1 aliphatic heterocycles. The van der Waals surface area contributed by atoms with Crippen molar-refractivity contribution in [2.45, 2.75) is 65.1 Å². The average molecular weight is 282 g/mol. The van der Waals surface area contributed by atoms with Crippen molar-refractivity contribution in [3.8, 4) is 0 Å². The monoisotopic (exact) mass is 282 g/mol. The zero-order chi connectivity index (χ0) is 14.5. The Hall–Kier alpha value is -0.610. The van der Waals surface area contributed by atoms with Gasteiger partial charge in [0.15, 0.2) is 0 Å². The van der Waals surface area contributed by atoms with Gasteiger partial charge in [-0.05, 0) is 31.1 Å². The second kappa shape index (κ2) is 7.41. The molecule has 3 unspecified atom stereocenters. The third-order valence-electron chi connectivity index (χ3n) is 4.60. The summed E-state index contributed by atoms with van der Waals surface area (Å²) in [5.41, 5.74) is 0. The van der Waals surface area contributed by atoms with Crippen LogP contribution in [0.3, 0.4) is 0 Å². The number of hydrogen-bond acceptors (Lipinski definition) is 3. The van der Waals surface area contributed by atoms with Crippen LogP contribution in [0.4, 0.5) is 0 Å². The van der Waals surface area contributed by atoms with Gasteiger partial charge in [0.2, 0.25) is 5.91 Å². The molecular formula is C16H30N2O2. The fraction of sp³-hybridized carbons (Fsp3) is 0.938. The zero-order valence-electron chi connectivity index (χ0n) is 13.2. The first-order valence-corrected chi connectivity index (χ1v) is 8.31. The molecule has 1 amide bonds. The van der Waals surface area contributed by atoms with Crippen molar-refractivity contribution < 1.29 is 9.53 Å². The number of amides is 1. The first-order valence-electron chi connectivity index (χ1n) is 8.31. The third kappa shape index (κ3) is 3.95. The Kier molecular flexibility index (Phi) is 5.85. The van der Waals surface area contributed by atoms with E-state index in [4.69, 9.17) is 4.74 Å². The van der Waals surface area contributed by atoms with Crippen LogP contribution in [0.5, 0.6) is 0 Å². The first kappa shape index (κ1) is 15.8. The summed E-state index contributed by atoms with van der Waals surface area (Å²) in [4.78, 5) is 14.5. The zero-order valence-corrected chi connectivity index (χ0v) is 13.2. The molecule has 0 aromatic carbocycles. The van der Waals surface area contributed by atoms with Gasteiger partial charge in [0, 0.05) is 13.2 Å². The van der Waals surface area contributed by atoms with E-state index in [1.165, 1.54) is 12.8 Å². The van der Waals surface area contributed by atoms with Crippen LogP contribution in [0.2, 0.25) is 0 Å². The molecule has 0 spiro atoms. The van der Waals surface area contributed by atoms with E-state index in [0.717, 1.165) is 38.3 Å². The van der Waals surface area contributed by atoms with Crippen LogP contribution >= 0.6 is 0 Å². The molecule has 0 bridgehead atoms. The molecule has 1 saturated heterocycles. The van der Waals surface area contributed by atoms with Gasteiger partial charge in [-0.1, -0.05) is 33.6 Å². The van der Waals surface area contributed by atoms with Crippen molar-refractivity contribution in [3.63, 3.8) is 0 Å². The Labute approximate surface area is 123 Å². The molecule has 3 atom stereocenters. The van der Waals surface area contributed by atoms with Crippen LogP contribution in [0, 0.1) is 11.8 Å². The summed E-state index contributed by atoms with van der Waals surface area (Å²) in [5, 5.41) is 3.53. The van der Waals surface area contributed by atoms with Crippen LogP contribution in [-0.2, 0) is 9.53 Å². The van der Waals surface area contributed by atoms with E-state index in [1.807, 2.05) is 4.90 Å². The van der Waals surface area contributed by atoms with E-state index in [-0.39, 0.29) is 18.1 Å². The van der Waals surface area contributed by atoms with Gasteiger partial charge in [0.05, 0.1) is 18.8 Å². The molecule has 2 rings (SSSR count). The van der Waals surface area contributed by atoms with Gasteiger partial charge < -0.3 is 9.64 Å². The Bertz CT molecular complexity index is 318. The highest BCUT2D eigenvalue weighted by atomic mass is 16.5. The second-order valence-electron chi connectivity index (χ2n) is 6.38.